The van der Waals surface area contributed by atoms with E-state index in [-0.39, 0.29) is 5.41 Å². The molecule has 0 saturated carbocycles. The lowest BCUT2D eigenvalue weighted by Crippen LogP contribution is -2.13. The Labute approximate surface area is 164 Å². The molecule has 0 amide bonds. The van der Waals surface area contributed by atoms with Crippen molar-refractivity contribution in [1.82, 2.24) is 9.38 Å². The first-order valence-electron chi connectivity index (χ1n) is 9.00. The number of aryl methyl sites for hydroxylation is 1. The zero-order valence-corrected chi connectivity index (χ0v) is 16.8. The zero-order chi connectivity index (χ0) is 19.0. The molecule has 3 aromatic heterocycles. The molecule has 3 heteroatoms. The summed E-state index contributed by atoms with van der Waals surface area (Å²) in [4.78, 5) is 7.02. The largest absolute Gasteiger partial charge is 0.297 e. The lowest BCUT2D eigenvalue weighted by atomic mass is 9.87. The van der Waals surface area contributed by atoms with Crippen LogP contribution in [-0.2, 0) is 5.41 Å². The van der Waals surface area contributed by atoms with Crippen molar-refractivity contribution in [2.75, 3.05) is 0 Å². The summed E-state index contributed by atoms with van der Waals surface area (Å²) >= 11 is 1.66. The SMILES string of the molecule is Cc1cc(C(C)(C)C)c2nc(-c3ccc(C#Cc4ccccc4)s3)[c]n2c1. The van der Waals surface area contributed by atoms with Crippen LogP contribution in [0, 0.1) is 25.0 Å². The highest BCUT2D eigenvalue weighted by Crippen LogP contribution is 2.31. The highest BCUT2D eigenvalue weighted by atomic mass is 32.1. The first-order valence-corrected chi connectivity index (χ1v) is 9.81. The summed E-state index contributed by atoms with van der Waals surface area (Å²) < 4.78 is 2.03. The Morgan fingerprint density at radius 1 is 1.04 bits per heavy atom. The molecule has 133 valence electrons. The molecule has 1 radical (unpaired) electrons. The highest BCUT2D eigenvalue weighted by Gasteiger charge is 2.20. The molecule has 0 saturated heterocycles. The summed E-state index contributed by atoms with van der Waals surface area (Å²) in [7, 11) is 0. The number of aromatic nitrogens is 2. The quantitative estimate of drug-likeness (QED) is 0.384. The van der Waals surface area contributed by atoms with E-state index in [1.807, 2.05) is 34.7 Å². The van der Waals surface area contributed by atoms with E-state index in [0.717, 1.165) is 26.7 Å². The van der Waals surface area contributed by atoms with E-state index in [1.54, 1.807) is 11.3 Å². The van der Waals surface area contributed by atoms with Gasteiger partial charge in [-0.25, -0.2) is 4.98 Å². The number of benzene rings is 1. The Morgan fingerprint density at radius 2 is 1.81 bits per heavy atom. The van der Waals surface area contributed by atoms with Gasteiger partial charge < -0.3 is 0 Å². The number of pyridine rings is 1. The Bertz CT molecular complexity index is 1160. The number of fused-ring (bicyclic) bond motifs is 1. The van der Waals surface area contributed by atoms with Crippen molar-refractivity contribution in [2.45, 2.75) is 33.1 Å². The van der Waals surface area contributed by atoms with Crippen LogP contribution in [0.2, 0.25) is 0 Å². The topological polar surface area (TPSA) is 17.3 Å². The van der Waals surface area contributed by atoms with Gasteiger partial charge in [-0.15, -0.1) is 11.3 Å². The molecular formula is C24H21N2S. The first-order chi connectivity index (χ1) is 12.9. The van der Waals surface area contributed by atoms with Crippen LogP contribution >= 0.6 is 11.3 Å². The van der Waals surface area contributed by atoms with Crippen molar-refractivity contribution in [3.63, 3.8) is 0 Å². The molecule has 0 atom stereocenters. The summed E-state index contributed by atoms with van der Waals surface area (Å²) in [5.74, 6) is 6.46. The van der Waals surface area contributed by atoms with E-state index >= 15 is 0 Å². The molecule has 0 aliphatic heterocycles. The number of hydrogen-bond donors (Lipinski definition) is 0. The fraction of sp³-hybridized carbons (Fsp3) is 0.208. The van der Waals surface area contributed by atoms with Crippen molar-refractivity contribution >= 4 is 17.0 Å². The predicted octanol–water partition coefficient (Wildman–Crippen LogP) is 5.87. The van der Waals surface area contributed by atoms with Crippen LogP contribution in [0.4, 0.5) is 0 Å². The van der Waals surface area contributed by atoms with Crippen LogP contribution in [0.5, 0.6) is 0 Å². The molecule has 2 nitrogen and oxygen atoms in total. The second kappa shape index (κ2) is 6.72. The maximum absolute atomic E-state index is 4.89. The number of hydrogen-bond acceptors (Lipinski definition) is 2. The van der Waals surface area contributed by atoms with Gasteiger partial charge in [0.2, 0.25) is 0 Å². The molecule has 0 bridgehead atoms. The molecule has 0 N–H and O–H groups in total. The number of nitrogens with zero attached hydrogens (tertiary/aromatic N) is 2. The molecule has 3 heterocycles. The molecule has 0 aliphatic carbocycles. The van der Waals surface area contributed by atoms with Crippen LogP contribution in [0.25, 0.3) is 16.2 Å². The number of imidazole rings is 1. The fourth-order valence-electron chi connectivity index (χ4n) is 3.02. The normalized spacial score (nSPS) is 11.4. The molecule has 0 aliphatic rings. The van der Waals surface area contributed by atoms with E-state index in [1.165, 1.54) is 11.1 Å². The molecule has 0 unspecified atom stereocenters. The maximum atomic E-state index is 4.89. The second-order valence-electron chi connectivity index (χ2n) is 7.73. The number of rotatable bonds is 1. The van der Waals surface area contributed by atoms with Crippen molar-refractivity contribution in [1.29, 1.82) is 0 Å². The Hall–Kier alpha value is -2.83. The maximum Gasteiger partial charge on any atom is 0.141 e. The second-order valence-corrected chi connectivity index (χ2v) is 8.81. The summed E-state index contributed by atoms with van der Waals surface area (Å²) in [5, 5.41) is 0. The monoisotopic (exact) mass is 369 g/mol. The average Bonchev–Trinajstić information content (AvgIpc) is 3.25. The molecule has 0 spiro atoms. The Kier molecular flexibility index (Phi) is 4.37. The first kappa shape index (κ1) is 17.6. The minimum Gasteiger partial charge on any atom is -0.297 e. The molecule has 4 rings (SSSR count). The van der Waals surface area contributed by atoms with Gasteiger partial charge >= 0.3 is 0 Å². The smallest absolute Gasteiger partial charge is 0.141 e. The van der Waals surface area contributed by atoms with Crippen LogP contribution < -0.4 is 0 Å². The minimum atomic E-state index is 0.0332. The minimum absolute atomic E-state index is 0.0332. The fourth-order valence-corrected chi connectivity index (χ4v) is 3.82. The van der Waals surface area contributed by atoms with Crippen molar-refractivity contribution in [3.8, 4) is 22.4 Å². The third kappa shape index (κ3) is 3.67. The van der Waals surface area contributed by atoms with E-state index in [2.05, 4.69) is 70.1 Å². The predicted molar refractivity (Wildman–Crippen MR) is 113 cm³/mol. The van der Waals surface area contributed by atoms with Gasteiger partial charge in [0, 0.05) is 17.3 Å². The van der Waals surface area contributed by atoms with E-state index < -0.39 is 0 Å². The lowest BCUT2D eigenvalue weighted by molar-refractivity contribution is 0.591. The molecule has 1 aromatic carbocycles. The lowest BCUT2D eigenvalue weighted by Gasteiger charge is -2.20. The molecule has 4 aromatic rings. The highest BCUT2D eigenvalue weighted by molar-refractivity contribution is 7.16. The van der Waals surface area contributed by atoms with Gasteiger partial charge in [-0.3, -0.25) is 4.40 Å². The summed E-state index contributed by atoms with van der Waals surface area (Å²) in [6.45, 7) is 8.78. The molecular weight excluding hydrogens is 348 g/mol. The van der Waals surface area contributed by atoms with Crippen molar-refractivity contribution < 1.29 is 0 Å². The Balaban J connectivity index is 1.72. The van der Waals surface area contributed by atoms with E-state index in [4.69, 9.17) is 4.98 Å². The zero-order valence-electron chi connectivity index (χ0n) is 16.0. The van der Waals surface area contributed by atoms with Gasteiger partial charge in [0.1, 0.15) is 17.5 Å². The van der Waals surface area contributed by atoms with Crippen LogP contribution in [-0.4, -0.2) is 9.38 Å². The third-order valence-corrected chi connectivity index (χ3v) is 5.38. The third-order valence-electron chi connectivity index (χ3n) is 4.37. The number of thiophene rings is 1. The van der Waals surface area contributed by atoms with E-state index in [9.17, 15) is 0 Å². The van der Waals surface area contributed by atoms with E-state index in [0.29, 0.717) is 0 Å². The van der Waals surface area contributed by atoms with Gasteiger partial charge in [0.15, 0.2) is 0 Å². The van der Waals surface area contributed by atoms with Gasteiger partial charge in [-0.1, -0.05) is 56.9 Å². The van der Waals surface area contributed by atoms with Crippen molar-refractivity contribution in [2.24, 2.45) is 0 Å². The van der Waals surface area contributed by atoms with Crippen molar-refractivity contribution in [3.05, 3.63) is 82.5 Å². The standard InChI is InChI=1S/C24H21N2S/c1-17-14-20(24(2,3)4)23-25-21(16-26(23)15-17)22-13-12-19(27-22)11-10-18-8-6-5-7-9-18/h5-9,12-15H,1-4H3. The van der Waals surface area contributed by atoms with Gasteiger partial charge in [0.05, 0.1) is 9.75 Å². The van der Waals surface area contributed by atoms with Crippen LogP contribution in [0.3, 0.4) is 0 Å². The Morgan fingerprint density at radius 3 is 2.56 bits per heavy atom. The summed E-state index contributed by atoms with van der Waals surface area (Å²) in [5.41, 5.74) is 5.37. The molecule has 27 heavy (non-hydrogen) atoms. The summed E-state index contributed by atoms with van der Waals surface area (Å²) in [6.07, 6.45) is 5.51. The van der Waals surface area contributed by atoms with Gasteiger partial charge in [0.25, 0.3) is 0 Å². The van der Waals surface area contributed by atoms with Gasteiger partial charge in [-0.05, 0) is 42.2 Å². The average molecular weight is 370 g/mol. The van der Waals surface area contributed by atoms with Crippen LogP contribution in [0.15, 0.2) is 54.7 Å². The van der Waals surface area contributed by atoms with Gasteiger partial charge in [-0.2, -0.15) is 0 Å². The van der Waals surface area contributed by atoms with Crippen LogP contribution in [0.1, 0.15) is 42.3 Å². The molecule has 0 fully saturated rings. The summed E-state index contributed by atoms with van der Waals surface area (Å²) in [6, 6.07) is 16.4.